The van der Waals surface area contributed by atoms with Crippen LogP contribution in [0.2, 0.25) is 0 Å². The van der Waals surface area contributed by atoms with E-state index in [4.69, 9.17) is 9.52 Å². The smallest absolute Gasteiger partial charge is 0.357 e. The highest BCUT2D eigenvalue weighted by Gasteiger charge is 2.31. The van der Waals surface area contributed by atoms with Gasteiger partial charge in [-0.3, -0.25) is 0 Å². The zero-order chi connectivity index (χ0) is 13.0. The Morgan fingerprint density at radius 1 is 1.44 bits per heavy atom. The van der Waals surface area contributed by atoms with Gasteiger partial charge in [-0.25, -0.2) is 4.79 Å². The summed E-state index contributed by atoms with van der Waals surface area (Å²) in [5.41, 5.74) is -0.241. The van der Waals surface area contributed by atoms with E-state index in [1.165, 1.54) is 6.42 Å². The molecule has 0 bridgehead atoms. The molecule has 0 aliphatic heterocycles. The Morgan fingerprint density at radius 2 is 2.17 bits per heavy atom. The molecule has 1 heterocycles. The van der Waals surface area contributed by atoms with E-state index in [1.54, 1.807) is 0 Å². The van der Waals surface area contributed by atoms with Crippen molar-refractivity contribution in [2.24, 2.45) is 5.41 Å². The SMILES string of the molecule is O=C(O)c1coc(NCC2(CO)CCCCC2)n1. The highest BCUT2D eigenvalue weighted by atomic mass is 16.4. The third kappa shape index (κ3) is 2.81. The number of oxazole rings is 1. The standard InChI is InChI=1S/C12H18N2O4/c15-8-12(4-2-1-3-5-12)7-13-11-14-9(6-18-11)10(16)17/h6,15H,1-5,7-8H2,(H,13,14)(H,16,17). The zero-order valence-corrected chi connectivity index (χ0v) is 10.2. The van der Waals surface area contributed by atoms with Crippen LogP contribution in [0.15, 0.2) is 10.7 Å². The van der Waals surface area contributed by atoms with Crippen LogP contribution in [-0.4, -0.2) is 34.3 Å². The summed E-state index contributed by atoms with van der Waals surface area (Å²) in [5, 5.41) is 21.2. The number of hydrogen-bond donors (Lipinski definition) is 3. The van der Waals surface area contributed by atoms with Crippen molar-refractivity contribution in [1.29, 1.82) is 0 Å². The van der Waals surface area contributed by atoms with Crippen molar-refractivity contribution in [1.82, 2.24) is 4.98 Å². The Bertz CT molecular complexity index is 410. The molecule has 1 aromatic rings. The Hall–Kier alpha value is -1.56. The van der Waals surface area contributed by atoms with E-state index in [9.17, 15) is 9.90 Å². The Morgan fingerprint density at radius 3 is 2.72 bits per heavy atom. The van der Waals surface area contributed by atoms with Crippen molar-refractivity contribution < 1.29 is 19.4 Å². The fourth-order valence-electron chi connectivity index (χ4n) is 2.41. The first-order valence-electron chi connectivity index (χ1n) is 6.19. The van der Waals surface area contributed by atoms with Gasteiger partial charge in [-0.2, -0.15) is 4.98 Å². The fraction of sp³-hybridized carbons (Fsp3) is 0.667. The number of aliphatic hydroxyl groups is 1. The molecule has 1 aromatic heterocycles. The maximum Gasteiger partial charge on any atom is 0.357 e. The average Bonchev–Trinajstić information content (AvgIpc) is 2.87. The van der Waals surface area contributed by atoms with Crippen molar-refractivity contribution in [3.63, 3.8) is 0 Å². The first kappa shape index (κ1) is 12.9. The van der Waals surface area contributed by atoms with E-state index < -0.39 is 5.97 Å². The van der Waals surface area contributed by atoms with Gasteiger partial charge in [0, 0.05) is 12.0 Å². The van der Waals surface area contributed by atoms with Gasteiger partial charge in [-0.1, -0.05) is 19.3 Å². The summed E-state index contributed by atoms with van der Waals surface area (Å²) < 4.78 is 5.02. The number of nitrogens with one attached hydrogen (secondary N) is 1. The highest BCUT2D eigenvalue weighted by molar-refractivity contribution is 5.85. The molecule has 1 fully saturated rings. The van der Waals surface area contributed by atoms with Gasteiger partial charge in [0.05, 0.1) is 6.61 Å². The number of carbonyl (C=O) groups is 1. The second-order valence-electron chi connectivity index (χ2n) is 4.92. The molecule has 0 unspecified atom stereocenters. The summed E-state index contributed by atoms with van der Waals surface area (Å²) >= 11 is 0. The van der Waals surface area contributed by atoms with Gasteiger partial charge in [0.1, 0.15) is 6.26 Å². The largest absolute Gasteiger partial charge is 0.476 e. The van der Waals surface area contributed by atoms with Crippen LogP contribution in [-0.2, 0) is 0 Å². The molecule has 0 saturated heterocycles. The van der Waals surface area contributed by atoms with Gasteiger partial charge in [0.2, 0.25) is 0 Å². The first-order chi connectivity index (χ1) is 8.65. The minimum absolute atomic E-state index is 0.112. The van der Waals surface area contributed by atoms with E-state index >= 15 is 0 Å². The number of aromatic carboxylic acids is 1. The summed E-state index contributed by atoms with van der Waals surface area (Å²) in [6.45, 7) is 0.690. The zero-order valence-electron chi connectivity index (χ0n) is 10.2. The van der Waals surface area contributed by atoms with Crippen LogP contribution in [0.4, 0.5) is 6.01 Å². The van der Waals surface area contributed by atoms with Crippen molar-refractivity contribution in [3.05, 3.63) is 12.0 Å². The molecule has 100 valence electrons. The van der Waals surface area contributed by atoms with E-state index in [0.717, 1.165) is 31.9 Å². The van der Waals surface area contributed by atoms with Crippen LogP contribution in [0.1, 0.15) is 42.6 Å². The van der Waals surface area contributed by atoms with Crippen molar-refractivity contribution >= 4 is 12.0 Å². The van der Waals surface area contributed by atoms with E-state index in [1.807, 2.05) is 0 Å². The van der Waals surface area contributed by atoms with Gasteiger partial charge in [-0.05, 0) is 12.8 Å². The number of carboxylic acid groups (broad SMARTS) is 1. The fourth-order valence-corrected chi connectivity index (χ4v) is 2.41. The summed E-state index contributed by atoms with van der Waals surface area (Å²) in [5.74, 6) is -1.11. The lowest BCUT2D eigenvalue weighted by molar-refractivity contribution is 0.0690. The normalized spacial score (nSPS) is 18.5. The summed E-state index contributed by atoms with van der Waals surface area (Å²) in [7, 11) is 0. The van der Waals surface area contributed by atoms with Crippen molar-refractivity contribution in [3.8, 4) is 0 Å². The number of hydrogen-bond acceptors (Lipinski definition) is 5. The molecule has 2 rings (SSSR count). The molecule has 1 aliphatic rings. The quantitative estimate of drug-likeness (QED) is 0.740. The molecule has 0 amide bonds. The Balaban J connectivity index is 1.94. The van der Waals surface area contributed by atoms with E-state index in [-0.39, 0.29) is 23.7 Å². The van der Waals surface area contributed by atoms with Crippen LogP contribution in [0.3, 0.4) is 0 Å². The van der Waals surface area contributed by atoms with Crippen LogP contribution < -0.4 is 5.32 Å². The summed E-state index contributed by atoms with van der Waals surface area (Å²) in [6.07, 6.45) is 6.51. The number of nitrogens with zero attached hydrogens (tertiary/aromatic N) is 1. The summed E-state index contributed by atoms with van der Waals surface area (Å²) in [4.78, 5) is 14.4. The number of rotatable bonds is 5. The minimum Gasteiger partial charge on any atom is -0.476 e. The molecule has 0 spiro atoms. The lowest BCUT2D eigenvalue weighted by Gasteiger charge is -2.35. The monoisotopic (exact) mass is 254 g/mol. The van der Waals surface area contributed by atoms with Gasteiger partial charge >= 0.3 is 5.97 Å². The number of aromatic nitrogens is 1. The van der Waals surface area contributed by atoms with Crippen molar-refractivity contribution in [2.75, 3.05) is 18.5 Å². The van der Waals surface area contributed by atoms with Crippen molar-refractivity contribution in [2.45, 2.75) is 32.1 Å². The molecular weight excluding hydrogens is 236 g/mol. The predicted molar refractivity (Wildman–Crippen MR) is 64.6 cm³/mol. The van der Waals surface area contributed by atoms with Crippen LogP contribution in [0.25, 0.3) is 0 Å². The predicted octanol–water partition coefficient (Wildman–Crippen LogP) is 1.73. The molecule has 0 atom stereocenters. The van der Waals surface area contributed by atoms with Gasteiger partial charge in [-0.15, -0.1) is 0 Å². The lowest BCUT2D eigenvalue weighted by Crippen LogP contribution is -2.35. The van der Waals surface area contributed by atoms with Crippen LogP contribution >= 0.6 is 0 Å². The topological polar surface area (TPSA) is 95.6 Å². The van der Waals surface area contributed by atoms with E-state index in [0.29, 0.717) is 6.54 Å². The van der Waals surface area contributed by atoms with Crippen LogP contribution in [0, 0.1) is 5.41 Å². The first-order valence-corrected chi connectivity index (χ1v) is 6.19. The Kier molecular flexibility index (Phi) is 3.86. The maximum atomic E-state index is 10.6. The lowest BCUT2D eigenvalue weighted by atomic mass is 9.74. The molecule has 0 radical (unpaired) electrons. The Labute approximate surface area is 105 Å². The summed E-state index contributed by atoms with van der Waals surface area (Å²) in [6, 6.07) is 0.200. The average molecular weight is 254 g/mol. The number of anilines is 1. The molecule has 18 heavy (non-hydrogen) atoms. The molecule has 1 aliphatic carbocycles. The highest BCUT2D eigenvalue weighted by Crippen LogP contribution is 2.35. The second kappa shape index (κ2) is 5.39. The van der Waals surface area contributed by atoms with Gasteiger partial charge in [0.15, 0.2) is 5.69 Å². The molecule has 6 nitrogen and oxygen atoms in total. The van der Waals surface area contributed by atoms with Crippen LogP contribution in [0.5, 0.6) is 0 Å². The van der Waals surface area contributed by atoms with E-state index in [2.05, 4.69) is 10.3 Å². The third-order valence-corrected chi connectivity index (χ3v) is 3.59. The second-order valence-corrected chi connectivity index (χ2v) is 4.92. The molecule has 6 heteroatoms. The molecule has 1 saturated carbocycles. The third-order valence-electron chi connectivity index (χ3n) is 3.59. The number of carboxylic acids is 1. The molecule has 0 aromatic carbocycles. The maximum absolute atomic E-state index is 10.6. The van der Waals surface area contributed by atoms with Gasteiger partial charge in [0.25, 0.3) is 6.01 Å². The minimum atomic E-state index is -1.11. The number of aliphatic hydroxyl groups excluding tert-OH is 1. The molecular formula is C12H18N2O4. The van der Waals surface area contributed by atoms with Gasteiger partial charge < -0.3 is 19.9 Å². The molecule has 3 N–H and O–H groups in total.